The van der Waals surface area contributed by atoms with Crippen LogP contribution < -0.4 is 16.6 Å². The predicted octanol–water partition coefficient (Wildman–Crippen LogP) is 0.493. The van der Waals surface area contributed by atoms with Crippen LogP contribution in [0, 0.1) is 0 Å². The van der Waals surface area contributed by atoms with Gasteiger partial charge < -0.3 is 10.1 Å². The zero-order valence-electron chi connectivity index (χ0n) is 13.6. The highest BCUT2D eigenvalue weighted by Crippen LogP contribution is 2.12. The molecule has 1 atom stereocenters. The first-order chi connectivity index (χ1) is 12.0. The van der Waals surface area contributed by atoms with Crippen molar-refractivity contribution >= 4 is 17.5 Å². The summed E-state index contributed by atoms with van der Waals surface area (Å²) in [6.07, 6.45) is 1.74. The van der Waals surface area contributed by atoms with Crippen molar-refractivity contribution in [1.82, 2.24) is 19.7 Å². The van der Waals surface area contributed by atoms with Crippen LogP contribution in [0.5, 0.6) is 0 Å². The minimum atomic E-state index is -0.750. The van der Waals surface area contributed by atoms with E-state index in [0.717, 1.165) is 22.1 Å². The van der Waals surface area contributed by atoms with Gasteiger partial charge in [-0.1, -0.05) is 11.6 Å². The number of benzene rings is 1. The molecule has 1 aliphatic rings. The number of rotatable bonds is 4. The lowest BCUT2D eigenvalue weighted by Crippen LogP contribution is -2.45. The van der Waals surface area contributed by atoms with Crippen LogP contribution in [0.25, 0.3) is 5.69 Å². The third-order valence-electron chi connectivity index (χ3n) is 3.98. The quantitative estimate of drug-likeness (QED) is 0.852. The first kappa shape index (κ1) is 17.4. The maximum atomic E-state index is 12.3. The van der Waals surface area contributed by atoms with Gasteiger partial charge in [0, 0.05) is 25.2 Å². The fourth-order valence-electron chi connectivity index (χ4n) is 2.56. The number of ether oxygens (including phenoxy) is 1. The summed E-state index contributed by atoms with van der Waals surface area (Å²) < 4.78 is 7.28. The number of amides is 1. The third kappa shape index (κ3) is 3.64. The van der Waals surface area contributed by atoms with E-state index >= 15 is 0 Å². The fourth-order valence-corrected chi connectivity index (χ4v) is 2.69. The summed E-state index contributed by atoms with van der Waals surface area (Å²) in [6.45, 7) is 0.964. The number of hydrogen-bond donors (Lipinski definition) is 1. The van der Waals surface area contributed by atoms with Gasteiger partial charge in [0.1, 0.15) is 0 Å². The summed E-state index contributed by atoms with van der Waals surface area (Å²) in [5.74, 6) is -0.640. The smallest absolute Gasteiger partial charge is 0.351 e. The van der Waals surface area contributed by atoms with Crippen molar-refractivity contribution in [3.63, 3.8) is 0 Å². The Kier molecular flexibility index (Phi) is 5.00. The van der Waals surface area contributed by atoms with Crippen molar-refractivity contribution in [2.45, 2.75) is 18.9 Å². The number of nitrogens with one attached hydrogen (secondary N) is 1. The van der Waals surface area contributed by atoms with Gasteiger partial charge in [0.05, 0.1) is 11.8 Å². The van der Waals surface area contributed by atoms with Crippen LogP contribution in [0.15, 0.2) is 33.9 Å². The summed E-state index contributed by atoms with van der Waals surface area (Å²) in [6, 6.07) is 6.34. The van der Waals surface area contributed by atoms with Crippen molar-refractivity contribution in [2.75, 3.05) is 13.2 Å². The molecule has 25 heavy (non-hydrogen) atoms. The molecule has 1 aliphatic heterocycles. The monoisotopic (exact) mass is 364 g/mol. The maximum Gasteiger partial charge on any atom is 0.351 e. The molecule has 2 aromatic rings. The highest BCUT2D eigenvalue weighted by molar-refractivity contribution is 6.30. The average Bonchev–Trinajstić information content (AvgIpc) is 3.12. The van der Waals surface area contributed by atoms with E-state index in [9.17, 15) is 14.4 Å². The lowest BCUT2D eigenvalue weighted by atomic mass is 10.2. The SMILES string of the molecule is Cn1c(=O)c(C(=O)NC[C@H]2CCCO2)nn(-c2ccc(Cl)cc2)c1=O. The van der Waals surface area contributed by atoms with Gasteiger partial charge in [0.25, 0.3) is 11.5 Å². The lowest BCUT2D eigenvalue weighted by Gasteiger charge is -2.12. The zero-order chi connectivity index (χ0) is 18.0. The van der Waals surface area contributed by atoms with Crippen molar-refractivity contribution < 1.29 is 9.53 Å². The van der Waals surface area contributed by atoms with Gasteiger partial charge in [0.15, 0.2) is 0 Å². The number of carbonyl (C=O) groups is 1. The summed E-state index contributed by atoms with van der Waals surface area (Å²) in [5.41, 5.74) is -1.35. The van der Waals surface area contributed by atoms with Crippen LogP contribution in [-0.2, 0) is 11.8 Å². The van der Waals surface area contributed by atoms with Crippen molar-refractivity contribution in [3.05, 3.63) is 55.8 Å². The Labute approximate surface area is 148 Å². The molecule has 0 radical (unpaired) electrons. The summed E-state index contributed by atoms with van der Waals surface area (Å²) in [4.78, 5) is 36.9. The lowest BCUT2D eigenvalue weighted by molar-refractivity contribution is 0.0850. The van der Waals surface area contributed by atoms with E-state index < -0.39 is 17.2 Å². The highest BCUT2D eigenvalue weighted by atomic mass is 35.5. The van der Waals surface area contributed by atoms with E-state index in [2.05, 4.69) is 10.4 Å². The molecule has 9 heteroatoms. The van der Waals surface area contributed by atoms with E-state index in [0.29, 0.717) is 23.9 Å². The van der Waals surface area contributed by atoms with Crippen LogP contribution in [0.4, 0.5) is 0 Å². The molecule has 1 amide bonds. The molecule has 1 fully saturated rings. The second-order valence-electron chi connectivity index (χ2n) is 5.73. The largest absolute Gasteiger partial charge is 0.376 e. The molecule has 2 heterocycles. The number of hydrogen-bond acceptors (Lipinski definition) is 5. The Bertz CT molecular complexity index is 898. The molecule has 8 nitrogen and oxygen atoms in total. The summed E-state index contributed by atoms with van der Waals surface area (Å²) in [7, 11) is 1.30. The van der Waals surface area contributed by atoms with E-state index in [-0.39, 0.29) is 11.8 Å². The molecular weight excluding hydrogens is 348 g/mol. The number of nitrogens with zero attached hydrogens (tertiary/aromatic N) is 3. The van der Waals surface area contributed by atoms with Crippen molar-refractivity contribution in [1.29, 1.82) is 0 Å². The van der Waals surface area contributed by atoms with Crippen LogP contribution in [-0.4, -0.2) is 39.5 Å². The molecular formula is C16H17ClN4O4. The molecule has 1 N–H and O–H groups in total. The highest BCUT2D eigenvalue weighted by Gasteiger charge is 2.21. The van der Waals surface area contributed by atoms with Gasteiger partial charge in [-0.3, -0.25) is 14.2 Å². The molecule has 0 bridgehead atoms. The van der Waals surface area contributed by atoms with Crippen molar-refractivity contribution in [3.8, 4) is 5.69 Å². The van der Waals surface area contributed by atoms with E-state index in [1.54, 1.807) is 24.3 Å². The third-order valence-corrected chi connectivity index (χ3v) is 4.23. The maximum absolute atomic E-state index is 12.3. The standard InChI is InChI=1S/C16H17ClN4O4/c1-20-15(23)13(14(22)18-9-12-3-2-8-25-12)19-21(16(20)24)11-6-4-10(17)5-7-11/h4-7,12H,2-3,8-9H2,1H3,(H,18,22)/t12-/m1/s1. The Balaban J connectivity index is 1.93. The van der Waals surface area contributed by atoms with Gasteiger partial charge in [0.2, 0.25) is 5.69 Å². The molecule has 0 spiro atoms. The minimum Gasteiger partial charge on any atom is -0.376 e. The number of carbonyl (C=O) groups excluding carboxylic acids is 1. The van der Waals surface area contributed by atoms with Gasteiger partial charge in [-0.2, -0.15) is 9.78 Å². The first-order valence-corrected chi connectivity index (χ1v) is 8.21. The van der Waals surface area contributed by atoms with Crippen molar-refractivity contribution in [2.24, 2.45) is 7.05 Å². The van der Waals surface area contributed by atoms with Crippen LogP contribution >= 0.6 is 11.6 Å². The van der Waals surface area contributed by atoms with E-state index in [1.807, 2.05) is 0 Å². The normalized spacial score (nSPS) is 16.8. The fraction of sp³-hybridized carbons (Fsp3) is 0.375. The zero-order valence-corrected chi connectivity index (χ0v) is 14.3. The molecule has 0 saturated carbocycles. The molecule has 1 aromatic heterocycles. The van der Waals surface area contributed by atoms with Gasteiger partial charge in [-0.15, -0.1) is 0 Å². The minimum absolute atomic E-state index is 0.0602. The van der Waals surface area contributed by atoms with Crippen LogP contribution in [0.1, 0.15) is 23.3 Å². The van der Waals surface area contributed by atoms with Gasteiger partial charge >= 0.3 is 5.69 Å². The Morgan fingerprint density at radius 1 is 1.36 bits per heavy atom. The van der Waals surface area contributed by atoms with Gasteiger partial charge in [-0.25, -0.2) is 4.79 Å². The molecule has 132 valence electrons. The van der Waals surface area contributed by atoms with E-state index in [1.165, 1.54) is 7.05 Å². The predicted molar refractivity (Wildman–Crippen MR) is 91.4 cm³/mol. The Morgan fingerprint density at radius 3 is 2.72 bits per heavy atom. The molecule has 1 saturated heterocycles. The average molecular weight is 365 g/mol. The summed E-state index contributed by atoms with van der Waals surface area (Å²) in [5, 5.41) is 7.09. The van der Waals surface area contributed by atoms with Gasteiger partial charge in [-0.05, 0) is 37.1 Å². The second kappa shape index (κ2) is 7.20. The van der Waals surface area contributed by atoms with Crippen LogP contribution in [0.2, 0.25) is 5.02 Å². The first-order valence-electron chi connectivity index (χ1n) is 7.83. The molecule has 0 aliphatic carbocycles. The second-order valence-corrected chi connectivity index (χ2v) is 6.17. The van der Waals surface area contributed by atoms with Crippen LogP contribution in [0.3, 0.4) is 0 Å². The Morgan fingerprint density at radius 2 is 2.08 bits per heavy atom. The van der Waals surface area contributed by atoms with E-state index in [4.69, 9.17) is 16.3 Å². The number of halogens is 1. The molecule has 0 unspecified atom stereocenters. The topological polar surface area (TPSA) is 95.2 Å². The molecule has 3 rings (SSSR count). The molecule has 1 aromatic carbocycles. The summed E-state index contributed by atoms with van der Waals surface area (Å²) >= 11 is 5.84. The Hall–Kier alpha value is -2.45. The number of aromatic nitrogens is 3.